The molecule has 3 aromatic rings. The lowest BCUT2D eigenvalue weighted by atomic mass is 10.1. The van der Waals surface area contributed by atoms with Crippen molar-refractivity contribution < 1.29 is 19.1 Å². The van der Waals surface area contributed by atoms with Crippen LogP contribution in [0.1, 0.15) is 35.0 Å². The van der Waals surface area contributed by atoms with Crippen LogP contribution in [0.15, 0.2) is 79.0 Å². The Balaban J connectivity index is 1.47. The molecule has 0 radical (unpaired) electrons. The number of hydrogen-bond acceptors (Lipinski definition) is 5. The number of carbonyl (C=O) groups is 2. The van der Waals surface area contributed by atoms with Crippen molar-refractivity contribution >= 4 is 23.6 Å². The third-order valence-corrected chi connectivity index (χ3v) is 4.77. The molecule has 176 valence electrons. The number of hydrogen-bond donors (Lipinski definition) is 2. The maximum atomic E-state index is 12.3. The lowest BCUT2D eigenvalue weighted by Gasteiger charge is -2.08. The molecule has 3 rings (SSSR count). The molecular formula is C27H29N3O4. The molecule has 0 aliphatic heterocycles. The molecule has 0 aliphatic carbocycles. The second-order valence-corrected chi connectivity index (χ2v) is 7.39. The van der Waals surface area contributed by atoms with Crippen LogP contribution in [0.5, 0.6) is 5.75 Å². The Morgan fingerprint density at radius 1 is 1.03 bits per heavy atom. The normalized spacial score (nSPS) is 10.7. The number of pyridine rings is 1. The van der Waals surface area contributed by atoms with Crippen LogP contribution in [0, 0.1) is 0 Å². The van der Waals surface area contributed by atoms with E-state index in [4.69, 9.17) is 9.47 Å². The topological polar surface area (TPSA) is 89.6 Å². The summed E-state index contributed by atoms with van der Waals surface area (Å²) < 4.78 is 11.0. The maximum Gasteiger partial charge on any atom is 0.251 e. The van der Waals surface area contributed by atoms with Crippen molar-refractivity contribution in [3.05, 3.63) is 95.8 Å². The van der Waals surface area contributed by atoms with E-state index in [1.165, 1.54) is 6.08 Å². The van der Waals surface area contributed by atoms with Crippen molar-refractivity contribution in [2.45, 2.75) is 20.0 Å². The summed E-state index contributed by atoms with van der Waals surface area (Å²) in [4.78, 5) is 28.8. The van der Waals surface area contributed by atoms with Crippen molar-refractivity contribution in [2.75, 3.05) is 25.1 Å². The van der Waals surface area contributed by atoms with Gasteiger partial charge in [-0.1, -0.05) is 24.3 Å². The van der Waals surface area contributed by atoms with Gasteiger partial charge in [-0.05, 0) is 67.4 Å². The maximum absolute atomic E-state index is 12.3. The van der Waals surface area contributed by atoms with Gasteiger partial charge in [-0.15, -0.1) is 0 Å². The van der Waals surface area contributed by atoms with E-state index in [-0.39, 0.29) is 11.8 Å². The number of benzene rings is 2. The van der Waals surface area contributed by atoms with Crippen LogP contribution in [-0.2, 0) is 16.1 Å². The highest BCUT2D eigenvalue weighted by molar-refractivity contribution is 6.03. The van der Waals surface area contributed by atoms with Crippen LogP contribution in [0.25, 0.3) is 6.08 Å². The zero-order valence-corrected chi connectivity index (χ0v) is 19.2. The first kappa shape index (κ1) is 24.7. The van der Waals surface area contributed by atoms with Crippen molar-refractivity contribution in [1.29, 1.82) is 0 Å². The third kappa shape index (κ3) is 8.52. The first-order valence-corrected chi connectivity index (χ1v) is 11.2. The molecule has 7 nitrogen and oxygen atoms in total. The number of nitrogens with one attached hydrogen (secondary N) is 2. The highest BCUT2D eigenvalue weighted by Crippen LogP contribution is 2.15. The number of anilines is 1. The molecule has 0 saturated carbocycles. The second kappa shape index (κ2) is 13.5. The Morgan fingerprint density at radius 3 is 2.65 bits per heavy atom. The Morgan fingerprint density at radius 2 is 1.88 bits per heavy atom. The minimum Gasteiger partial charge on any atom is -0.487 e. The number of aromatic nitrogens is 1. The Bertz CT molecular complexity index is 1080. The van der Waals surface area contributed by atoms with Crippen LogP contribution in [0.4, 0.5) is 5.69 Å². The molecule has 0 atom stereocenters. The summed E-state index contributed by atoms with van der Waals surface area (Å²) >= 11 is 0. The number of carbonyl (C=O) groups excluding carboxylic acids is 2. The number of amides is 2. The van der Waals surface area contributed by atoms with Gasteiger partial charge in [0.15, 0.2) is 0 Å². The predicted molar refractivity (Wildman–Crippen MR) is 133 cm³/mol. The van der Waals surface area contributed by atoms with E-state index in [0.717, 1.165) is 23.4 Å². The Hall–Kier alpha value is -3.97. The molecule has 1 heterocycles. The molecule has 0 unspecified atom stereocenters. The quantitative estimate of drug-likeness (QED) is 0.308. The van der Waals surface area contributed by atoms with E-state index in [9.17, 15) is 9.59 Å². The average Bonchev–Trinajstić information content (AvgIpc) is 2.87. The van der Waals surface area contributed by atoms with Gasteiger partial charge in [-0.2, -0.15) is 0 Å². The highest BCUT2D eigenvalue weighted by Gasteiger charge is 2.07. The predicted octanol–water partition coefficient (Wildman–Crippen LogP) is 4.47. The van der Waals surface area contributed by atoms with E-state index in [0.29, 0.717) is 37.6 Å². The number of ether oxygens (including phenoxy) is 2. The molecule has 7 heteroatoms. The van der Waals surface area contributed by atoms with Crippen LogP contribution < -0.4 is 15.4 Å². The van der Waals surface area contributed by atoms with Gasteiger partial charge in [0, 0.05) is 43.3 Å². The van der Waals surface area contributed by atoms with Gasteiger partial charge >= 0.3 is 0 Å². The molecule has 34 heavy (non-hydrogen) atoms. The minimum atomic E-state index is -0.287. The summed E-state index contributed by atoms with van der Waals surface area (Å²) in [5.41, 5.74) is 2.75. The molecule has 0 saturated heterocycles. The van der Waals surface area contributed by atoms with E-state index in [1.54, 1.807) is 36.5 Å². The average molecular weight is 460 g/mol. The van der Waals surface area contributed by atoms with Crippen LogP contribution in [-0.4, -0.2) is 36.6 Å². The summed E-state index contributed by atoms with van der Waals surface area (Å²) in [7, 11) is 0. The van der Waals surface area contributed by atoms with Crippen molar-refractivity contribution in [2.24, 2.45) is 0 Å². The van der Waals surface area contributed by atoms with Crippen molar-refractivity contribution in [3.8, 4) is 5.75 Å². The van der Waals surface area contributed by atoms with Crippen molar-refractivity contribution in [3.63, 3.8) is 0 Å². The number of nitrogens with zero attached hydrogens (tertiary/aromatic N) is 1. The molecule has 2 amide bonds. The Kier molecular flexibility index (Phi) is 9.83. The van der Waals surface area contributed by atoms with Gasteiger partial charge in [0.05, 0.1) is 5.69 Å². The standard InChI is InChI=1S/C27H29N3O4/c1-2-33-18-6-17-29-27(32)22-7-5-9-23(19-22)30-26(31)15-12-21-10-13-25(14-11-21)34-20-24-8-3-4-16-28-24/h3-5,7-16,19H,2,6,17-18,20H2,1H3,(H,29,32)(H,30,31). The molecule has 0 spiro atoms. The van der Waals surface area contributed by atoms with Gasteiger partial charge in [0.25, 0.3) is 5.91 Å². The monoisotopic (exact) mass is 459 g/mol. The summed E-state index contributed by atoms with van der Waals surface area (Å²) in [5, 5.41) is 5.63. The molecule has 0 aliphatic rings. The van der Waals surface area contributed by atoms with E-state index >= 15 is 0 Å². The molecule has 1 aromatic heterocycles. The third-order valence-electron chi connectivity index (χ3n) is 4.77. The van der Waals surface area contributed by atoms with Gasteiger partial charge in [0.2, 0.25) is 5.91 Å². The summed E-state index contributed by atoms with van der Waals surface area (Å²) in [6.45, 7) is 4.13. The SMILES string of the molecule is CCOCCCNC(=O)c1cccc(NC(=O)C=Cc2ccc(OCc3ccccn3)cc2)c1. The number of rotatable bonds is 12. The van der Waals surface area contributed by atoms with Gasteiger partial charge in [-0.3, -0.25) is 14.6 Å². The first-order chi connectivity index (χ1) is 16.6. The van der Waals surface area contributed by atoms with E-state index in [2.05, 4.69) is 15.6 Å². The molecular weight excluding hydrogens is 430 g/mol. The zero-order valence-electron chi connectivity index (χ0n) is 19.2. The molecule has 2 aromatic carbocycles. The van der Waals surface area contributed by atoms with Crippen LogP contribution in [0.3, 0.4) is 0 Å². The smallest absolute Gasteiger partial charge is 0.251 e. The van der Waals surface area contributed by atoms with Crippen LogP contribution >= 0.6 is 0 Å². The fourth-order valence-corrected chi connectivity index (χ4v) is 3.03. The fourth-order valence-electron chi connectivity index (χ4n) is 3.03. The summed E-state index contributed by atoms with van der Waals surface area (Å²) in [6.07, 6.45) is 5.64. The lowest BCUT2D eigenvalue weighted by molar-refractivity contribution is -0.111. The molecule has 0 fully saturated rings. The lowest BCUT2D eigenvalue weighted by Crippen LogP contribution is -2.25. The second-order valence-electron chi connectivity index (χ2n) is 7.39. The van der Waals surface area contributed by atoms with Gasteiger partial charge < -0.3 is 20.1 Å². The Labute approximate surface area is 199 Å². The van der Waals surface area contributed by atoms with Crippen LogP contribution in [0.2, 0.25) is 0 Å². The minimum absolute atomic E-state index is 0.187. The molecule has 2 N–H and O–H groups in total. The van der Waals surface area contributed by atoms with Gasteiger partial charge in [-0.25, -0.2) is 0 Å². The summed E-state index contributed by atoms with van der Waals surface area (Å²) in [6, 6.07) is 19.9. The molecule has 0 bridgehead atoms. The van der Waals surface area contributed by atoms with E-state index < -0.39 is 0 Å². The highest BCUT2D eigenvalue weighted by atomic mass is 16.5. The first-order valence-electron chi connectivity index (χ1n) is 11.2. The fraction of sp³-hybridized carbons (Fsp3) is 0.222. The largest absolute Gasteiger partial charge is 0.487 e. The zero-order chi connectivity index (χ0) is 24.0. The summed E-state index contributed by atoms with van der Waals surface area (Å²) in [5.74, 6) is 0.249. The van der Waals surface area contributed by atoms with E-state index in [1.807, 2.05) is 49.4 Å². The van der Waals surface area contributed by atoms with Crippen molar-refractivity contribution in [1.82, 2.24) is 10.3 Å². The van der Waals surface area contributed by atoms with Gasteiger partial charge in [0.1, 0.15) is 12.4 Å².